The zero-order valence-electron chi connectivity index (χ0n) is 13.0. The lowest BCUT2D eigenvalue weighted by Gasteiger charge is -2.12. The van der Waals surface area contributed by atoms with Crippen molar-refractivity contribution in [3.63, 3.8) is 0 Å². The summed E-state index contributed by atoms with van der Waals surface area (Å²) in [4.78, 5) is 2.01. The second-order valence-electron chi connectivity index (χ2n) is 5.54. The van der Waals surface area contributed by atoms with Crippen molar-refractivity contribution in [1.82, 2.24) is 9.78 Å². The molecule has 114 valence electrons. The highest BCUT2D eigenvalue weighted by molar-refractivity contribution is 6.30. The number of nitrogens with zero attached hydrogens (tertiary/aromatic N) is 3. The summed E-state index contributed by atoms with van der Waals surface area (Å²) >= 11 is 6.15. The summed E-state index contributed by atoms with van der Waals surface area (Å²) in [5.74, 6) is 0.943. The Kier molecular flexibility index (Phi) is 4.91. The summed E-state index contributed by atoms with van der Waals surface area (Å²) in [7, 11) is 3.97. The molecule has 1 heterocycles. The van der Waals surface area contributed by atoms with Crippen LogP contribution >= 0.6 is 11.6 Å². The average Bonchev–Trinajstić information content (AvgIpc) is 2.67. The first-order chi connectivity index (χ1) is 9.92. The van der Waals surface area contributed by atoms with Gasteiger partial charge in [-0.2, -0.15) is 5.10 Å². The fraction of sp³-hybridized carbons (Fsp3) is 0.438. The largest absolute Gasteiger partial charge is 0.394 e. The quantitative estimate of drug-likeness (QED) is 0.923. The van der Waals surface area contributed by atoms with Crippen LogP contribution in [0.5, 0.6) is 0 Å². The molecule has 0 radical (unpaired) electrons. The van der Waals surface area contributed by atoms with E-state index < -0.39 is 0 Å². The summed E-state index contributed by atoms with van der Waals surface area (Å²) in [6.45, 7) is 4.69. The molecule has 1 aromatic carbocycles. The minimum absolute atomic E-state index is 0.0884. The lowest BCUT2D eigenvalue weighted by Crippen LogP contribution is -2.12. The molecule has 4 nitrogen and oxygen atoms in total. The second-order valence-corrected chi connectivity index (χ2v) is 5.98. The van der Waals surface area contributed by atoms with Gasteiger partial charge >= 0.3 is 0 Å². The number of aliphatic hydroxyl groups is 1. The first-order valence-electron chi connectivity index (χ1n) is 7.03. The third kappa shape index (κ3) is 3.57. The van der Waals surface area contributed by atoms with E-state index in [1.54, 1.807) is 0 Å². The van der Waals surface area contributed by atoms with Crippen molar-refractivity contribution in [2.24, 2.45) is 0 Å². The first kappa shape index (κ1) is 15.9. The molecule has 0 amide bonds. The average molecular weight is 308 g/mol. The Bertz CT molecular complexity index is 614. The summed E-state index contributed by atoms with van der Waals surface area (Å²) in [6, 6.07) is 6.10. The number of aliphatic hydroxyl groups excluding tert-OH is 1. The van der Waals surface area contributed by atoms with Crippen LogP contribution in [-0.2, 0) is 13.0 Å². The molecule has 2 aromatic rings. The number of hydrogen-bond acceptors (Lipinski definition) is 3. The predicted molar refractivity (Wildman–Crippen MR) is 87.4 cm³/mol. The summed E-state index contributed by atoms with van der Waals surface area (Å²) in [6.07, 6.45) is 0.784. The molecule has 0 aliphatic rings. The van der Waals surface area contributed by atoms with Crippen LogP contribution in [0.1, 0.15) is 22.4 Å². The van der Waals surface area contributed by atoms with E-state index in [4.69, 9.17) is 16.7 Å². The van der Waals surface area contributed by atoms with Gasteiger partial charge in [0.25, 0.3) is 0 Å². The van der Waals surface area contributed by atoms with E-state index in [9.17, 15) is 0 Å². The molecule has 5 heteroatoms. The maximum absolute atomic E-state index is 9.15. The Labute approximate surface area is 131 Å². The van der Waals surface area contributed by atoms with Crippen LogP contribution in [0.2, 0.25) is 5.02 Å². The topological polar surface area (TPSA) is 41.3 Å². The number of benzene rings is 1. The molecule has 0 aliphatic carbocycles. The van der Waals surface area contributed by atoms with E-state index in [0.717, 1.165) is 28.5 Å². The molecule has 0 saturated carbocycles. The van der Waals surface area contributed by atoms with E-state index in [1.807, 2.05) is 49.7 Å². The van der Waals surface area contributed by atoms with Crippen LogP contribution in [0.25, 0.3) is 0 Å². The normalized spacial score (nSPS) is 11.0. The minimum atomic E-state index is 0.0884. The summed E-state index contributed by atoms with van der Waals surface area (Å²) in [5.41, 5.74) is 4.60. The summed E-state index contributed by atoms with van der Waals surface area (Å²) < 4.78 is 1.86. The number of aromatic nitrogens is 2. The number of hydrogen-bond donors (Lipinski definition) is 1. The highest BCUT2D eigenvalue weighted by Crippen LogP contribution is 2.26. The Hall–Kier alpha value is -1.52. The molecule has 0 atom stereocenters. The van der Waals surface area contributed by atoms with Crippen LogP contribution in [0.4, 0.5) is 5.82 Å². The Morgan fingerprint density at radius 1 is 1.24 bits per heavy atom. The van der Waals surface area contributed by atoms with Gasteiger partial charge in [0, 0.05) is 36.8 Å². The molecule has 0 spiro atoms. The van der Waals surface area contributed by atoms with E-state index >= 15 is 0 Å². The van der Waals surface area contributed by atoms with Gasteiger partial charge in [0.1, 0.15) is 0 Å². The Balaban J connectivity index is 2.42. The Morgan fingerprint density at radius 2 is 1.95 bits per heavy atom. The lowest BCUT2D eigenvalue weighted by molar-refractivity contribution is 0.268. The molecule has 2 rings (SSSR count). The fourth-order valence-corrected chi connectivity index (χ4v) is 2.88. The van der Waals surface area contributed by atoms with Gasteiger partial charge in [0.05, 0.1) is 13.2 Å². The van der Waals surface area contributed by atoms with E-state index in [0.29, 0.717) is 6.54 Å². The SMILES string of the molecule is Cc1cc(Cl)cc(Cc2c(N(C)C)nn(CCO)c2C)c1. The van der Waals surface area contributed by atoms with Gasteiger partial charge in [-0.3, -0.25) is 4.68 Å². The van der Waals surface area contributed by atoms with Crippen LogP contribution in [0.15, 0.2) is 18.2 Å². The van der Waals surface area contributed by atoms with E-state index in [1.165, 1.54) is 11.1 Å². The third-order valence-electron chi connectivity index (χ3n) is 3.53. The Morgan fingerprint density at radius 3 is 2.52 bits per heavy atom. The van der Waals surface area contributed by atoms with E-state index in [2.05, 4.69) is 11.2 Å². The molecule has 1 N–H and O–H groups in total. The zero-order chi connectivity index (χ0) is 15.6. The van der Waals surface area contributed by atoms with Gasteiger partial charge in [0.2, 0.25) is 0 Å². The number of anilines is 1. The van der Waals surface area contributed by atoms with Crippen molar-refractivity contribution in [3.8, 4) is 0 Å². The molecular formula is C16H22ClN3O. The van der Waals surface area contributed by atoms with Gasteiger partial charge in [-0.15, -0.1) is 0 Å². The minimum Gasteiger partial charge on any atom is -0.394 e. The van der Waals surface area contributed by atoms with Crippen molar-refractivity contribution < 1.29 is 5.11 Å². The number of aryl methyl sites for hydroxylation is 1. The zero-order valence-corrected chi connectivity index (χ0v) is 13.8. The second kappa shape index (κ2) is 6.50. The van der Waals surface area contributed by atoms with E-state index in [-0.39, 0.29) is 6.61 Å². The first-order valence-corrected chi connectivity index (χ1v) is 7.40. The van der Waals surface area contributed by atoms with Gasteiger partial charge in [-0.25, -0.2) is 0 Å². The van der Waals surface area contributed by atoms with Gasteiger partial charge in [-0.1, -0.05) is 17.7 Å². The molecule has 0 unspecified atom stereocenters. The smallest absolute Gasteiger partial charge is 0.153 e. The molecule has 0 saturated heterocycles. The van der Waals surface area contributed by atoms with Gasteiger partial charge in [0.15, 0.2) is 5.82 Å². The lowest BCUT2D eigenvalue weighted by atomic mass is 10.0. The highest BCUT2D eigenvalue weighted by atomic mass is 35.5. The van der Waals surface area contributed by atoms with Crippen LogP contribution in [0.3, 0.4) is 0 Å². The maximum atomic E-state index is 9.15. The predicted octanol–water partition coefficient (Wildman–Crippen LogP) is 2.80. The highest BCUT2D eigenvalue weighted by Gasteiger charge is 2.16. The molecule has 0 aliphatic heterocycles. The fourth-order valence-electron chi connectivity index (χ4n) is 2.56. The van der Waals surface area contributed by atoms with Crippen LogP contribution in [0, 0.1) is 13.8 Å². The van der Waals surface area contributed by atoms with Crippen molar-refractivity contribution in [2.75, 3.05) is 25.6 Å². The third-order valence-corrected chi connectivity index (χ3v) is 3.75. The molecule has 0 bridgehead atoms. The number of halogens is 1. The molecular weight excluding hydrogens is 286 g/mol. The summed E-state index contributed by atoms with van der Waals surface area (Å²) in [5, 5.41) is 14.5. The standard InChI is InChI=1S/C16H22ClN3O/c1-11-7-13(9-14(17)8-11)10-15-12(2)20(5-6-21)18-16(15)19(3)4/h7-9,21H,5-6,10H2,1-4H3. The van der Waals surface area contributed by atoms with Gasteiger partial charge in [-0.05, 0) is 37.1 Å². The van der Waals surface area contributed by atoms with Crippen molar-refractivity contribution >= 4 is 17.4 Å². The van der Waals surface area contributed by atoms with Crippen molar-refractivity contribution in [2.45, 2.75) is 26.8 Å². The molecule has 1 aromatic heterocycles. The van der Waals surface area contributed by atoms with Crippen LogP contribution < -0.4 is 4.90 Å². The maximum Gasteiger partial charge on any atom is 0.153 e. The van der Waals surface area contributed by atoms with Crippen molar-refractivity contribution in [1.29, 1.82) is 0 Å². The number of rotatable bonds is 5. The van der Waals surface area contributed by atoms with Gasteiger partial charge < -0.3 is 10.0 Å². The molecule has 21 heavy (non-hydrogen) atoms. The monoisotopic (exact) mass is 307 g/mol. The van der Waals surface area contributed by atoms with Crippen molar-refractivity contribution in [3.05, 3.63) is 45.6 Å². The van der Waals surface area contributed by atoms with Crippen LogP contribution in [-0.4, -0.2) is 35.6 Å². The molecule has 0 fully saturated rings.